The van der Waals surface area contributed by atoms with Crippen LogP contribution in [0.1, 0.15) is 20.7 Å². The van der Waals surface area contributed by atoms with Crippen molar-refractivity contribution in [2.75, 3.05) is 18.5 Å². The molecule has 1 aliphatic rings. The number of ether oxygens (including phenoxy) is 2. The number of hydrogen-bond acceptors (Lipinski definition) is 6. The number of carbonyl (C=O) groups is 4. The van der Waals surface area contributed by atoms with E-state index in [2.05, 4.69) is 5.32 Å². The average molecular weight is 430 g/mol. The summed E-state index contributed by atoms with van der Waals surface area (Å²) in [7, 11) is 0. The molecule has 0 atom stereocenters. The summed E-state index contributed by atoms with van der Waals surface area (Å²) in [6.45, 7) is -1.12. The molecule has 1 heterocycles. The molecule has 0 saturated heterocycles. The fourth-order valence-electron chi connectivity index (χ4n) is 3.13. The second-order valence-electron chi connectivity index (χ2n) is 6.89. The summed E-state index contributed by atoms with van der Waals surface area (Å²) >= 11 is 0. The number of fused-ring (bicyclic) bond motifs is 1. The van der Waals surface area contributed by atoms with Crippen molar-refractivity contribution in [1.82, 2.24) is 4.90 Å². The van der Waals surface area contributed by atoms with Gasteiger partial charge < -0.3 is 14.8 Å². The van der Waals surface area contributed by atoms with E-state index in [4.69, 9.17) is 9.47 Å². The Kier molecular flexibility index (Phi) is 5.94. The number of carbonyl (C=O) groups excluding carboxylic acids is 4. The third-order valence-electron chi connectivity index (χ3n) is 4.65. The molecule has 0 aromatic heterocycles. The number of benzene rings is 3. The molecule has 0 bridgehead atoms. The summed E-state index contributed by atoms with van der Waals surface area (Å²) in [5, 5.41) is 2.59. The molecule has 1 aliphatic heterocycles. The van der Waals surface area contributed by atoms with Gasteiger partial charge in [0.05, 0.1) is 11.1 Å². The van der Waals surface area contributed by atoms with Gasteiger partial charge >= 0.3 is 5.97 Å². The molecule has 32 heavy (non-hydrogen) atoms. The maximum Gasteiger partial charge on any atom is 0.326 e. The number of rotatable bonds is 7. The highest BCUT2D eigenvalue weighted by Gasteiger charge is 2.36. The Hall–Kier alpha value is -4.46. The van der Waals surface area contributed by atoms with Crippen LogP contribution < -0.4 is 10.1 Å². The summed E-state index contributed by atoms with van der Waals surface area (Å²) in [6.07, 6.45) is 0. The molecule has 8 nitrogen and oxygen atoms in total. The molecule has 3 amide bonds. The first kappa shape index (κ1) is 20.8. The van der Waals surface area contributed by atoms with Gasteiger partial charge in [-0.05, 0) is 48.5 Å². The van der Waals surface area contributed by atoms with Crippen molar-refractivity contribution in [2.24, 2.45) is 0 Å². The zero-order valence-corrected chi connectivity index (χ0v) is 16.8. The largest absolute Gasteiger partial charge is 0.457 e. The maximum absolute atomic E-state index is 12.3. The molecule has 0 spiro atoms. The molecule has 8 heteroatoms. The standard InChI is InChI=1S/C24H18N2O6/c27-21(25-16-10-12-18(13-11-16)32-17-6-2-1-3-7-17)15-31-22(28)14-26-23(29)19-8-4-5-9-20(19)24(26)30/h1-13H,14-15H2,(H,25,27). The normalized spacial score (nSPS) is 12.3. The van der Waals surface area contributed by atoms with Crippen LogP contribution in [-0.4, -0.2) is 41.7 Å². The van der Waals surface area contributed by atoms with Crippen LogP contribution in [0, 0.1) is 0 Å². The lowest BCUT2D eigenvalue weighted by Gasteiger charge is -2.13. The van der Waals surface area contributed by atoms with Crippen LogP contribution >= 0.6 is 0 Å². The SMILES string of the molecule is O=C(COC(=O)CN1C(=O)c2ccccc2C1=O)Nc1ccc(Oc2ccccc2)cc1. The summed E-state index contributed by atoms with van der Waals surface area (Å²) in [6, 6.07) is 22.2. The van der Waals surface area contributed by atoms with Crippen LogP contribution in [0.3, 0.4) is 0 Å². The van der Waals surface area contributed by atoms with Gasteiger partial charge in [0.15, 0.2) is 6.61 Å². The quantitative estimate of drug-likeness (QED) is 0.456. The molecule has 0 saturated carbocycles. The van der Waals surface area contributed by atoms with E-state index in [0.29, 0.717) is 17.2 Å². The number of hydrogen-bond donors (Lipinski definition) is 1. The van der Waals surface area contributed by atoms with Gasteiger partial charge in [-0.15, -0.1) is 0 Å². The van der Waals surface area contributed by atoms with Crippen LogP contribution in [-0.2, 0) is 14.3 Å². The van der Waals surface area contributed by atoms with Crippen molar-refractivity contribution in [2.45, 2.75) is 0 Å². The molecule has 0 radical (unpaired) electrons. The first-order chi connectivity index (χ1) is 15.5. The van der Waals surface area contributed by atoms with Gasteiger partial charge in [0, 0.05) is 5.69 Å². The second-order valence-corrected chi connectivity index (χ2v) is 6.89. The molecule has 0 unspecified atom stereocenters. The Labute approximate surface area is 183 Å². The van der Waals surface area contributed by atoms with E-state index in [-0.39, 0.29) is 11.1 Å². The van der Waals surface area contributed by atoms with Crippen LogP contribution in [0.25, 0.3) is 0 Å². The summed E-state index contributed by atoms with van der Waals surface area (Å²) < 4.78 is 10.6. The zero-order chi connectivity index (χ0) is 22.5. The fourth-order valence-corrected chi connectivity index (χ4v) is 3.13. The Balaban J connectivity index is 1.25. The van der Waals surface area contributed by atoms with E-state index < -0.39 is 36.8 Å². The third-order valence-corrected chi connectivity index (χ3v) is 4.65. The zero-order valence-electron chi connectivity index (χ0n) is 16.8. The molecular formula is C24H18N2O6. The first-order valence-corrected chi connectivity index (χ1v) is 9.75. The molecule has 0 fully saturated rings. The van der Waals surface area contributed by atoms with Gasteiger partial charge in [-0.3, -0.25) is 24.1 Å². The number of esters is 1. The van der Waals surface area contributed by atoms with Crippen molar-refractivity contribution in [3.8, 4) is 11.5 Å². The average Bonchev–Trinajstić information content (AvgIpc) is 3.05. The Morgan fingerprint density at radius 1 is 0.750 bits per heavy atom. The van der Waals surface area contributed by atoms with Gasteiger partial charge in [0.25, 0.3) is 17.7 Å². The van der Waals surface area contributed by atoms with Gasteiger partial charge in [-0.2, -0.15) is 0 Å². The molecule has 0 aliphatic carbocycles. The smallest absolute Gasteiger partial charge is 0.326 e. The highest BCUT2D eigenvalue weighted by atomic mass is 16.5. The van der Waals surface area contributed by atoms with Crippen molar-refractivity contribution in [3.63, 3.8) is 0 Å². The van der Waals surface area contributed by atoms with Gasteiger partial charge in [-0.25, -0.2) is 0 Å². The summed E-state index contributed by atoms with van der Waals surface area (Å²) in [5.41, 5.74) is 0.970. The van der Waals surface area contributed by atoms with Crippen LogP contribution in [0.4, 0.5) is 5.69 Å². The molecule has 3 aromatic rings. The van der Waals surface area contributed by atoms with Crippen molar-refractivity contribution in [3.05, 3.63) is 90.0 Å². The van der Waals surface area contributed by atoms with E-state index in [0.717, 1.165) is 4.90 Å². The number of nitrogens with zero attached hydrogens (tertiary/aromatic N) is 1. The van der Waals surface area contributed by atoms with Gasteiger partial charge in [0.2, 0.25) is 0 Å². The molecular weight excluding hydrogens is 412 g/mol. The first-order valence-electron chi connectivity index (χ1n) is 9.75. The fraction of sp³-hybridized carbons (Fsp3) is 0.0833. The van der Waals surface area contributed by atoms with E-state index >= 15 is 0 Å². The minimum atomic E-state index is -0.860. The molecule has 4 rings (SSSR count). The van der Waals surface area contributed by atoms with Crippen LogP contribution in [0.5, 0.6) is 11.5 Å². The summed E-state index contributed by atoms with van der Waals surface area (Å²) in [4.78, 5) is 49.5. The summed E-state index contributed by atoms with van der Waals surface area (Å²) in [5.74, 6) is -1.26. The van der Waals surface area contributed by atoms with Crippen LogP contribution in [0.2, 0.25) is 0 Å². The predicted octanol–water partition coefficient (Wildman–Crippen LogP) is 3.26. The Morgan fingerprint density at radius 2 is 1.31 bits per heavy atom. The lowest BCUT2D eigenvalue weighted by Crippen LogP contribution is -2.36. The minimum absolute atomic E-state index is 0.239. The predicted molar refractivity (Wildman–Crippen MR) is 114 cm³/mol. The highest BCUT2D eigenvalue weighted by molar-refractivity contribution is 6.22. The van der Waals surface area contributed by atoms with Gasteiger partial charge in [-0.1, -0.05) is 30.3 Å². The monoisotopic (exact) mass is 430 g/mol. The number of anilines is 1. The third kappa shape index (κ3) is 4.65. The van der Waals surface area contributed by atoms with Crippen molar-refractivity contribution in [1.29, 1.82) is 0 Å². The molecule has 1 N–H and O–H groups in total. The van der Waals surface area contributed by atoms with Crippen molar-refractivity contribution < 1.29 is 28.7 Å². The Morgan fingerprint density at radius 3 is 1.94 bits per heavy atom. The maximum atomic E-state index is 12.3. The van der Waals surface area contributed by atoms with Gasteiger partial charge in [0.1, 0.15) is 18.0 Å². The lowest BCUT2D eigenvalue weighted by molar-refractivity contribution is -0.147. The minimum Gasteiger partial charge on any atom is -0.457 e. The van der Waals surface area contributed by atoms with E-state index in [9.17, 15) is 19.2 Å². The van der Waals surface area contributed by atoms with Crippen molar-refractivity contribution >= 4 is 29.4 Å². The number of imide groups is 1. The van der Waals surface area contributed by atoms with E-state index in [1.165, 1.54) is 12.1 Å². The molecule has 160 valence electrons. The van der Waals surface area contributed by atoms with E-state index in [1.807, 2.05) is 30.3 Å². The number of nitrogens with one attached hydrogen (secondary N) is 1. The number of amides is 3. The Bertz CT molecular complexity index is 1140. The lowest BCUT2D eigenvalue weighted by atomic mass is 10.1. The molecule has 3 aromatic carbocycles. The second kappa shape index (κ2) is 9.13. The van der Waals surface area contributed by atoms with E-state index in [1.54, 1.807) is 36.4 Å². The number of para-hydroxylation sites is 1. The highest BCUT2D eigenvalue weighted by Crippen LogP contribution is 2.23. The topological polar surface area (TPSA) is 102 Å². The van der Waals surface area contributed by atoms with Crippen LogP contribution in [0.15, 0.2) is 78.9 Å².